The number of carbonyl (C=O) groups excluding carboxylic acids is 2. The molecule has 15 heteroatoms. The van der Waals surface area contributed by atoms with Gasteiger partial charge in [-0.15, -0.1) is 0 Å². The maximum absolute atomic E-state index is 12.8. The van der Waals surface area contributed by atoms with Crippen LogP contribution in [0.5, 0.6) is 40.2 Å². The average Bonchev–Trinajstić information content (AvgIpc) is 2.97. The van der Waals surface area contributed by atoms with E-state index in [1.807, 2.05) is 0 Å². The van der Waals surface area contributed by atoms with Crippen LogP contribution in [0, 0.1) is 0 Å². The van der Waals surface area contributed by atoms with Gasteiger partial charge in [-0.05, 0) is 48.4 Å². The number of ether oxygens (including phenoxy) is 4. The Labute approximate surface area is 242 Å². The van der Waals surface area contributed by atoms with Gasteiger partial charge in [-0.1, -0.05) is 12.1 Å². The Morgan fingerprint density at radius 2 is 1.23 bits per heavy atom. The number of aromatic hydroxyl groups is 7. The zero-order valence-corrected chi connectivity index (χ0v) is 22.1. The molecule has 0 saturated carbocycles. The molecule has 5 unspecified atom stereocenters. The minimum Gasteiger partial charge on any atom is -0.508 e. The molecule has 1 aliphatic heterocycles. The molecule has 0 spiro atoms. The van der Waals surface area contributed by atoms with Crippen molar-refractivity contribution in [3.05, 3.63) is 65.2 Å². The van der Waals surface area contributed by atoms with Crippen LogP contribution in [0.15, 0.2) is 48.5 Å². The quantitative estimate of drug-likeness (QED) is 0.120. The fourth-order valence-corrected chi connectivity index (χ4v) is 4.16. The Hall–Kier alpha value is -4.96. The van der Waals surface area contributed by atoms with Crippen LogP contribution in [-0.4, -0.2) is 102 Å². The highest BCUT2D eigenvalue weighted by molar-refractivity contribution is 5.92. The monoisotopic (exact) mass is 604 g/mol. The molecule has 0 aliphatic carbocycles. The summed E-state index contributed by atoms with van der Waals surface area (Å²) in [7, 11) is 0. The van der Waals surface area contributed by atoms with Crippen molar-refractivity contribution in [2.75, 3.05) is 13.2 Å². The fourth-order valence-electron chi connectivity index (χ4n) is 4.16. The molecule has 9 N–H and O–H groups in total. The summed E-state index contributed by atoms with van der Waals surface area (Å²) >= 11 is 0. The van der Waals surface area contributed by atoms with Crippen molar-refractivity contribution >= 4 is 11.9 Å². The Bertz CT molecular complexity index is 1430. The largest absolute Gasteiger partial charge is 0.508 e. The molecule has 0 amide bonds. The third-order valence-electron chi connectivity index (χ3n) is 6.48. The number of hydrogen-bond acceptors (Lipinski definition) is 15. The summed E-state index contributed by atoms with van der Waals surface area (Å²) in [4.78, 5) is 25.4. The van der Waals surface area contributed by atoms with Crippen LogP contribution in [0.2, 0.25) is 0 Å². The average molecular weight is 605 g/mol. The van der Waals surface area contributed by atoms with Crippen LogP contribution in [-0.2, 0) is 25.4 Å². The molecule has 5 atom stereocenters. The summed E-state index contributed by atoms with van der Waals surface area (Å²) in [5.74, 6) is -7.37. The highest BCUT2D eigenvalue weighted by Crippen LogP contribution is 2.37. The lowest BCUT2D eigenvalue weighted by Gasteiger charge is -2.41. The van der Waals surface area contributed by atoms with E-state index >= 15 is 0 Å². The highest BCUT2D eigenvalue weighted by Gasteiger charge is 2.48. The van der Waals surface area contributed by atoms with E-state index in [0.29, 0.717) is 6.42 Å². The molecule has 1 saturated heterocycles. The molecule has 3 aromatic rings. The lowest BCUT2D eigenvalue weighted by molar-refractivity contribution is -0.299. The molecular formula is C28H28O15. The third-order valence-corrected chi connectivity index (χ3v) is 6.48. The topological polar surface area (TPSA) is 253 Å². The van der Waals surface area contributed by atoms with E-state index in [2.05, 4.69) is 0 Å². The Kier molecular flexibility index (Phi) is 9.30. The smallest absolute Gasteiger partial charge is 0.338 e. The predicted molar refractivity (Wildman–Crippen MR) is 141 cm³/mol. The van der Waals surface area contributed by atoms with Crippen LogP contribution >= 0.6 is 0 Å². The number of phenolic OH excluding ortho intramolecular Hbond substituents is 7. The SMILES string of the molecule is O=C(OCC1OC(OCCc2ccc(O)cc2)C(O)C(O)C1OC(=O)c1cc(O)c(O)c(O)c1)c1cc(O)c(O)c(O)c1. The maximum Gasteiger partial charge on any atom is 0.338 e. The van der Waals surface area contributed by atoms with Gasteiger partial charge >= 0.3 is 11.9 Å². The molecule has 1 fully saturated rings. The van der Waals surface area contributed by atoms with Crippen LogP contribution < -0.4 is 0 Å². The van der Waals surface area contributed by atoms with Crippen molar-refractivity contribution in [3.8, 4) is 40.2 Å². The minimum atomic E-state index is -1.87. The standard InChI is InChI=1S/C28H28O15/c29-15-3-1-12(2-4-15)5-6-40-28-24(37)23(36)25(43-27(39)14-9-18(32)22(35)19(33)10-14)20(42-28)11-41-26(38)13-7-16(30)21(34)17(31)8-13/h1-4,7-10,20,23-25,28-37H,5-6,11H2. The Morgan fingerprint density at radius 3 is 1.77 bits per heavy atom. The second-order valence-electron chi connectivity index (χ2n) is 9.51. The van der Waals surface area contributed by atoms with Gasteiger partial charge in [0.2, 0.25) is 0 Å². The van der Waals surface area contributed by atoms with Crippen molar-refractivity contribution in [2.45, 2.75) is 37.1 Å². The zero-order chi connectivity index (χ0) is 31.4. The molecule has 0 radical (unpaired) electrons. The van der Waals surface area contributed by atoms with Gasteiger partial charge in [0.25, 0.3) is 0 Å². The predicted octanol–water partition coefficient (Wildman–Crippen LogP) is 0.714. The Balaban J connectivity index is 1.51. The summed E-state index contributed by atoms with van der Waals surface area (Å²) in [5, 5.41) is 88.9. The van der Waals surface area contributed by atoms with E-state index in [4.69, 9.17) is 18.9 Å². The third kappa shape index (κ3) is 7.10. The summed E-state index contributed by atoms with van der Waals surface area (Å²) in [5.41, 5.74) is -0.0660. The number of aliphatic hydroxyl groups is 2. The second-order valence-corrected chi connectivity index (χ2v) is 9.51. The van der Waals surface area contributed by atoms with Gasteiger partial charge in [0.15, 0.2) is 46.9 Å². The van der Waals surface area contributed by atoms with Crippen LogP contribution in [0.3, 0.4) is 0 Å². The highest BCUT2D eigenvalue weighted by atomic mass is 16.7. The van der Waals surface area contributed by atoms with Gasteiger partial charge < -0.3 is 64.9 Å². The zero-order valence-electron chi connectivity index (χ0n) is 22.1. The lowest BCUT2D eigenvalue weighted by atomic mass is 9.98. The molecular weight excluding hydrogens is 576 g/mol. The molecule has 3 aromatic carbocycles. The van der Waals surface area contributed by atoms with Gasteiger partial charge in [0.05, 0.1) is 17.7 Å². The number of benzene rings is 3. The summed E-state index contributed by atoms with van der Waals surface area (Å²) in [6.07, 6.45) is -8.05. The lowest BCUT2D eigenvalue weighted by Crippen LogP contribution is -2.60. The number of carbonyl (C=O) groups is 2. The molecule has 43 heavy (non-hydrogen) atoms. The molecule has 15 nitrogen and oxygen atoms in total. The van der Waals surface area contributed by atoms with Crippen molar-refractivity contribution in [1.29, 1.82) is 0 Å². The van der Waals surface area contributed by atoms with Crippen LogP contribution in [0.25, 0.3) is 0 Å². The first-order chi connectivity index (χ1) is 20.3. The minimum absolute atomic E-state index is 0.0334. The van der Waals surface area contributed by atoms with Crippen LogP contribution in [0.4, 0.5) is 0 Å². The summed E-state index contributed by atoms with van der Waals surface area (Å²) in [6, 6.07) is 9.39. The molecule has 0 aromatic heterocycles. The Morgan fingerprint density at radius 1 is 0.721 bits per heavy atom. The van der Waals surface area contributed by atoms with Crippen molar-refractivity contribution in [3.63, 3.8) is 0 Å². The second kappa shape index (κ2) is 12.9. The van der Waals surface area contributed by atoms with E-state index in [0.717, 1.165) is 29.8 Å². The number of esters is 2. The number of hydrogen-bond donors (Lipinski definition) is 9. The first-order valence-corrected chi connectivity index (χ1v) is 12.6. The van der Waals surface area contributed by atoms with Crippen molar-refractivity contribution in [2.24, 2.45) is 0 Å². The molecule has 1 heterocycles. The summed E-state index contributed by atoms with van der Waals surface area (Å²) < 4.78 is 21.7. The van der Waals surface area contributed by atoms with E-state index in [1.54, 1.807) is 12.1 Å². The molecule has 0 bridgehead atoms. The van der Waals surface area contributed by atoms with Gasteiger partial charge in [-0.25, -0.2) is 9.59 Å². The fraction of sp³-hybridized carbons (Fsp3) is 0.286. The van der Waals surface area contributed by atoms with Gasteiger partial charge in [-0.3, -0.25) is 0 Å². The van der Waals surface area contributed by atoms with E-state index < -0.39 is 89.3 Å². The van der Waals surface area contributed by atoms with Crippen molar-refractivity contribution < 1.29 is 74.5 Å². The summed E-state index contributed by atoms with van der Waals surface area (Å²) in [6.45, 7) is -0.763. The van der Waals surface area contributed by atoms with E-state index in [1.165, 1.54) is 12.1 Å². The number of phenols is 7. The van der Waals surface area contributed by atoms with Gasteiger partial charge in [0, 0.05) is 0 Å². The number of aliphatic hydroxyl groups excluding tert-OH is 2. The van der Waals surface area contributed by atoms with Crippen molar-refractivity contribution in [1.82, 2.24) is 0 Å². The normalized spacial score (nSPS) is 21.7. The molecule has 1 aliphatic rings. The van der Waals surface area contributed by atoms with Gasteiger partial charge in [-0.2, -0.15) is 0 Å². The maximum atomic E-state index is 12.8. The number of rotatable bonds is 9. The van der Waals surface area contributed by atoms with E-state index in [-0.39, 0.29) is 17.9 Å². The first-order valence-electron chi connectivity index (χ1n) is 12.6. The van der Waals surface area contributed by atoms with Crippen LogP contribution in [0.1, 0.15) is 26.3 Å². The molecule has 4 rings (SSSR count). The first kappa shape index (κ1) is 31.0. The van der Waals surface area contributed by atoms with Gasteiger partial charge in [0.1, 0.15) is 30.7 Å². The van der Waals surface area contributed by atoms with E-state index in [9.17, 15) is 55.5 Å². The molecule has 230 valence electrons.